The molecular formula is C16H22ClN3O. The number of fused-ring (bicyclic) bond motifs is 1. The molecule has 1 aromatic carbocycles. The van der Waals surface area contributed by atoms with E-state index in [1.807, 2.05) is 45.2 Å². The molecule has 1 aromatic heterocycles. The Hall–Kier alpha value is -1.52. The fraction of sp³-hybridized carbons (Fsp3) is 0.438. The molecule has 5 heteroatoms. The highest BCUT2D eigenvalue weighted by Gasteiger charge is 2.26. The minimum atomic E-state index is -0.505. The number of aromatic amines is 1. The molecule has 0 aliphatic carbocycles. The van der Waals surface area contributed by atoms with Gasteiger partial charge in [0, 0.05) is 28.7 Å². The third kappa shape index (κ3) is 3.77. The monoisotopic (exact) mass is 307 g/mol. The summed E-state index contributed by atoms with van der Waals surface area (Å²) >= 11 is 6.02. The highest BCUT2D eigenvalue weighted by molar-refractivity contribution is 6.31. The molecule has 0 aliphatic heterocycles. The molecule has 0 bridgehead atoms. The van der Waals surface area contributed by atoms with E-state index >= 15 is 0 Å². The normalized spacial score (nSPS) is 13.4. The van der Waals surface area contributed by atoms with Gasteiger partial charge in [0.2, 0.25) is 5.91 Å². The van der Waals surface area contributed by atoms with Crippen LogP contribution in [-0.2, 0) is 11.2 Å². The van der Waals surface area contributed by atoms with Crippen molar-refractivity contribution < 1.29 is 4.79 Å². The zero-order valence-electron chi connectivity index (χ0n) is 12.7. The number of hydrogen-bond acceptors (Lipinski definition) is 2. The molecule has 21 heavy (non-hydrogen) atoms. The Balaban J connectivity index is 1.97. The van der Waals surface area contributed by atoms with E-state index in [4.69, 9.17) is 17.3 Å². The largest absolute Gasteiger partial charge is 0.361 e. The van der Waals surface area contributed by atoms with Gasteiger partial charge in [0.25, 0.3) is 0 Å². The van der Waals surface area contributed by atoms with Gasteiger partial charge in [-0.05, 0) is 35.6 Å². The first kappa shape index (κ1) is 15.9. The van der Waals surface area contributed by atoms with Gasteiger partial charge in [-0.15, -0.1) is 0 Å². The maximum Gasteiger partial charge on any atom is 0.237 e. The van der Waals surface area contributed by atoms with Crippen LogP contribution in [0.25, 0.3) is 10.9 Å². The molecule has 2 aromatic rings. The van der Waals surface area contributed by atoms with E-state index in [2.05, 4.69) is 10.3 Å². The van der Waals surface area contributed by atoms with E-state index in [0.717, 1.165) is 22.9 Å². The topological polar surface area (TPSA) is 70.9 Å². The smallest absolute Gasteiger partial charge is 0.237 e. The molecule has 0 spiro atoms. The van der Waals surface area contributed by atoms with Crippen LogP contribution in [-0.4, -0.2) is 23.5 Å². The number of hydrogen-bond donors (Lipinski definition) is 3. The molecule has 2 rings (SSSR count). The summed E-state index contributed by atoms with van der Waals surface area (Å²) in [6, 6.07) is 5.24. The predicted molar refractivity (Wildman–Crippen MR) is 87.5 cm³/mol. The van der Waals surface area contributed by atoms with Crippen molar-refractivity contribution in [3.05, 3.63) is 35.0 Å². The van der Waals surface area contributed by atoms with Gasteiger partial charge in [0.05, 0.1) is 6.04 Å². The third-order valence-corrected chi connectivity index (χ3v) is 3.87. The Labute approximate surface area is 130 Å². The van der Waals surface area contributed by atoms with Crippen molar-refractivity contribution in [2.75, 3.05) is 6.54 Å². The number of aromatic nitrogens is 1. The number of H-pyrrole nitrogens is 1. The molecule has 1 amide bonds. The fourth-order valence-corrected chi connectivity index (χ4v) is 2.35. The Kier molecular flexibility index (Phi) is 4.59. The van der Waals surface area contributed by atoms with Crippen LogP contribution in [0.5, 0.6) is 0 Å². The standard InChI is InChI=1S/C16H22ClN3O/c1-16(2,3)14(18)15(21)19-7-6-10-9-20-13-5-4-11(17)8-12(10)13/h4-5,8-9,14,20H,6-7,18H2,1-3H3,(H,19,21)/t14-/m1/s1. The fourth-order valence-electron chi connectivity index (χ4n) is 2.18. The molecule has 0 fully saturated rings. The zero-order valence-corrected chi connectivity index (χ0v) is 13.4. The maximum absolute atomic E-state index is 12.0. The molecule has 0 radical (unpaired) electrons. The van der Waals surface area contributed by atoms with Crippen LogP contribution in [0.2, 0.25) is 5.02 Å². The number of carbonyl (C=O) groups excluding carboxylic acids is 1. The molecule has 0 saturated heterocycles. The molecule has 0 saturated carbocycles. The zero-order chi connectivity index (χ0) is 15.6. The van der Waals surface area contributed by atoms with Gasteiger partial charge in [-0.3, -0.25) is 4.79 Å². The third-order valence-electron chi connectivity index (χ3n) is 3.64. The van der Waals surface area contributed by atoms with Crippen LogP contribution in [0.4, 0.5) is 0 Å². The summed E-state index contributed by atoms with van der Waals surface area (Å²) < 4.78 is 0. The van der Waals surface area contributed by atoms with Crippen LogP contribution in [0, 0.1) is 5.41 Å². The maximum atomic E-state index is 12.0. The van der Waals surface area contributed by atoms with Gasteiger partial charge >= 0.3 is 0 Å². The number of rotatable bonds is 4. The molecule has 0 aliphatic rings. The first-order valence-corrected chi connectivity index (χ1v) is 7.45. The van der Waals surface area contributed by atoms with Gasteiger partial charge in [-0.25, -0.2) is 0 Å². The first-order valence-electron chi connectivity index (χ1n) is 7.08. The van der Waals surface area contributed by atoms with E-state index in [1.165, 1.54) is 0 Å². The van der Waals surface area contributed by atoms with Crippen molar-refractivity contribution >= 4 is 28.4 Å². The highest BCUT2D eigenvalue weighted by atomic mass is 35.5. The van der Waals surface area contributed by atoms with Gasteiger partial charge in [-0.1, -0.05) is 32.4 Å². The van der Waals surface area contributed by atoms with Crippen molar-refractivity contribution in [3.63, 3.8) is 0 Å². The molecule has 114 valence electrons. The molecule has 4 nitrogen and oxygen atoms in total. The Morgan fingerprint density at radius 1 is 1.43 bits per heavy atom. The number of nitrogens with one attached hydrogen (secondary N) is 2. The average molecular weight is 308 g/mol. The summed E-state index contributed by atoms with van der Waals surface area (Å²) in [7, 11) is 0. The number of amides is 1. The minimum Gasteiger partial charge on any atom is -0.361 e. The number of carbonyl (C=O) groups is 1. The second-order valence-electron chi connectivity index (χ2n) is 6.39. The average Bonchev–Trinajstić information content (AvgIpc) is 2.79. The van der Waals surface area contributed by atoms with Crippen LogP contribution >= 0.6 is 11.6 Å². The van der Waals surface area contributed by atoms with Crippen LogP contribution in [0.1, 0.15) is 26.3 Å². The minimum absolute atomic E-state index is 0.111. The lowest BCUT2D eigenvalue weighted by Gasteiger charge is -2.25. The van der Waals surface area contributed by atoms with Gasteiger partial charge in [0.15, 0.2) is 0 Å². The SMILES string of the molecule is CC(C)(C)[C@H](N)C(=O)NCCc1c[nH]c2ccc(Cl)cc12. The summed E-state index contributed by atoms with van der Waals surface area (Å²) in [5.41, 5.74) is 7.88. The van der Waals surface area contributed by atoms with E-state index in [0.29, 0.717) is 11.6 Å². The van der Waals surface area contributed by atoms with Crippen molar-refractivity contribution in [2.45, 2.75) is 33.2 Å². The van der Waals surface area contributed by atoms with E-state index in [-0.39, 0.29) is 11.3 Å². The van der Waals surface area contributed by atoms with Crippen molar-refractivity contribution in [3.8, 4) is 0 Å². The lowest BCUT2D eigenvalue weighted by molar-refractivity contribution is -0.124. The molecule has 0 unspecified atom stereocenters. The van der Waals surface area contributed by atoms with Crippen molar-refractivity contribution in [1.29, 1.82) is 0 Å². The first-order chi connectivity index (χ1) is 9.79. The quantitative estimate of drug-likeness (QED) is 0.813. The summed E-state index contributed by atoms with van der Waals surface area (Å²) in [6.45, 7) is 6.43. The van der Waals surface area contributed by atoms with Gasteiger partial charge in [-0.2, -0.15) is 0 Å². The van der Waals surface area contributed by atoms with Crippen molar-refractivity contribution in [2.24, 2.45) is 11.1 Å². The lowest BCUT2D eigenvalue weighted by Crippen LogP contribution is -2.48. The lowest BCUT2D eigenvalue weighted by atomic mass is 9.87. The number of nitrogens with two attached hydrogens (primary N) is 1. The van der Waals surface area contributed by atoms with E-state index in [1.54, 1.807) is 0 Å². The number of benzene rings is 1. The Morgan fingerprint density at radius 2 is 2.14 bits per heavy atom. The summed E-state index contributed by atoms with van der Waals surface area (Å²) in [5.74, 6) is -0.111. The summed E-state index contributed by atoms with van der Waals surface area (Å²) in [4.78, 5) is 15.2. The molecule has 1 atom stereocenters. The van der Waals surface area contributed by atoms with Gasteiger partial charge < -0.3 is 16.0 Å². The summed E-state index contributed by atoms with van der Waals surface area (Å²) in [6.07, 6.45) is 2.69. The second kappa shape index (κ2) is 6.08. The Morgan fingerprint density at radius 3 is 2.81 bits per heavy atom. The highest BCUT2D eigenvalue weighted by Crippen LogP contribution is 2.22. The van der Waals surface area contributed by atoms with Crippen molar-refractivity contribution in [1.82, 2.24) is 10.3 Å². The summed E-state index contributed by atoms with van der Waals surface area (Å²) in [5, 5.41) is 4.70. The molecular weight excluding hydrogens is 286 g/mol. The number of halogens is 1. The molecule has 1 heterocycles. The van der Waals surface area contributed by atoms with E-state index < -0.39 is 6.04 Å². The Bertz CT molecular complexity index is 642. The van der Waals surface area contributed by atoms with Crippen LogP contribution < -0.4 is 11.1 Å². The van der Waals surface area contributed by atoms with Crippen LogP contribution in [0.3, 0.4) is 0 Å². The van der Waals surface area contributed by atoms with Gasteiger partial charge in [0.1, 0.15) is 0 Å². The van der Waals surface area contributed by atoms with E-state index in [9.17, 15) is 4.79 Å². The second-order valence-corrected chi connectivity index (χ2v) is 6.82. The predicted octanol–water partition coefficient (Wildman–Crippen LogP) is 2.85. The van der Waals surface area contributed by atoms with Crippen LogP contribution in [0.15, 0.2) is 24.4 Å². The molecule has 4 N–H and O–H groups in total.